The molecule has 0 aliphatic heterocycles. The van der Waals surface area contributed by atoms with Crippen molar-refractivity contribution in [1.29, 1.82) is 0 Å². The number of anilines is 1. The molecule has 1 amide bonds. The van der Waals surface area contributed by atoms with Crippen LogP contribution in [0.25, 0.3) is 11.3 Å². The lowest BCUT2D eigenvalue weighted by atomic mass is 10.1. The molecule has 0 unspecified atom stereocenters. The Morgan fingerprint density at radius 1 is 1.07 bits per heavy atom. The van der Waals surface area contributed by atoms with Gasteiger partial charge in [-0.1, -0.05) is 11.6 Å². The SMILES string of the molecule is COc1ccc(C(=O)Nc2ccc(OC)c(-c3ccc(CO)o3)c2)cc1Cl. The first kappa shape index (κ1) is 18.8. The largest absolute Gasteiger partial charge is 0.496 e. The first-order valence-corrected chi connectivity index (χ1v) is 8.46. The van der Waals surface area contributed by atoms with E-state index in [1.165, 1.54) is 7.11 Å². The minimum Gasteiger partial charge on any atom is -0.496 e. The first-order valence-electron chi connectivity index (χ1n) is 8.08. The Kier molecular flexibility index (Phi) is 5.69. The Labute approximate surface area is 161 Å². The monoisotopic (exact) mass is 387 g/mol. The molecule has 0 spiro atoms. The number of ether oxygens (including phenoxy) is 2. The second kappa shape index (κ2) is 8.16. The van der Waals surface area contributed by atoms with Crippen LogP contribution in [-0.2, 0) is 6.61 Å². The van der Waals surface area contributed by atoms with Gasteiger partial charge < -0.3 is 24.3 Å². The summed E-state index contributed by atoms with van der Waals surface area (Å²) in [4.78, 5) is 12.5. The summed E-state index contributed by atoms with van der Waals surface area (Å²) in [5.41, 5.74) is 1.62. The normalized spacial score (nSPS) is 10.5. The number of carbonyl (C=O) groups excluding carboxylic acids is 1. The van der Waals surface area contributed by atoms with E-state index in [1.54, 1.807) is 55.6 Å². The maximum absolute atomic E-state index is 12.5. The zero-order valence-corrected chi connectivity index (χ0v) is 15.5. The summed E-state index contributed by atoms with van der Waals surface area (Å²) >= 11 is 6.08. The molecule has 0 bridgehead atoms. The number of nitrogens with one attached hydrogen (secondary N) is 1. The number of hydrogen-bond acceptors (Lipinski definition) is 5. The Hall–Kier alpha value is -2.96. The molecule has 0 saturated heterocycles. The molecule has 1 aromatic heterocycles. The van der Waals surface area contributed by atoms with Gasteiger partial charge in [-0.2, -0.15) is 0 Å². The van der Waals surface area contributed by atoms with E-state index in [4.69, 9.17) is 25.5 Å². The van der Waals surface area contributed by atoms with Gasteiger partial charge in [-0.05, 0) is 48.5 Å². The molecule has 0 saturated carbocycles. The predicted molar refractivity (Wildman–Crippen MR) is 103 cm³/mol. The molecule has 7 heteroatoms. The highest BCUT2D eigenvalue weighted by molar-refractivity contribution is 6.32. The number of hydrogen-bond donors (Lipinski definition) is 2. The summed E-state index contributed by atoms with van der Waals surface area (Å²) in [6.07, 6.45) is 0. The van der Waals surface area contributed by atoms with E-state index in [-0.39, 0.29) is 12.5 Å². The molecule has 3 aromatic rings. The minimum atomic E-state index is -0.314. The van der Waals surface area contributed by atoms with Crippen LogP contribution in [0.5, 0.6) is 11.5 Å². The fraction of sp³-hybridized carbons (Fsp3) is 0.150. The molecule has 1 heterocycles. The number of methoxy groups -OCH3 is 2. The third-order valence-corrected chi connectivity index (χ3v) is 4.25. The van der Waals surface area contributed by atoms with Gasteiger partial charge >= 0.3 is 0 Å². The quantitative estimate of drug-likeness (QED) is 0.656. The van der Waals surface area contributed by atoms with E-state index in [1.807, 2.05) is 0 Å². The topological polar surface area (TPSA) is 80.9 Å². The van der Waals surface area contributed by atoms with Gasteiger partial charge in [0.2, 0.25) is 0 Å². The van der Waals surface area contributed by atoms with Crippen LogP contribution < -0.4 is 14.8 Å². The highest BCUT2D eigenvalue weighted by Gasteiger charge is 2.14. The molecule has 0 fully saturated rings. The third-order valence-electron chi connectivity index (χ3n) is 3.95. The van der Waals surface area contributed by atoms with E-state index in [9.17, 15) is 9.90 Å². The van der Waals surface area contributed by atoms with Crippen LogP contribution in [0.4, 0.5) is 5.69 Å². The number of carbonyl (C=O) groups is 1. The molecule has 2 aromatic carbocycles. The van der Waals surface area contributed by atoms with Crippen LogP contribution in [0.3, 0.4) is 0 Å². The Balaban J connectivity index is 1.87. The van der Waals surface area contributed by atoms with Crippen molar-refractivity contribution in [3.63, 3.8) is 0 Å². The van der Waals surface area contributed by atoms with Crippen LogP contribution >= 0.6 is 11.6 Å². The first-order chi connectivity index (χ1) is 13.0. The molecule has 0 aliphatic carbocycles. The Morgan fingerprint density at radius 2 is 1.81 bits per heavy atom. The fourth-order valence-electron chi connectivity index (χ4n) is 2.60. The molecule has 3 rings (SSSR count). The maximum atomic E-state index is 12.5. The second-order valence-corrected chi connectivity index (χ2v) is 6.05. The van der Waals surface area contributed by atoms with Crippen molar-refractivity contribution >= 4 is 23.2 Å². The summed E-state index contributed by atoms with van der Waals surface area (Å²) in [5, 5.41) is 12.4. The van der Waals surface area contributed by atoms with Gasteiger partial charge in [0.1, 0.15) is 29.6 Å². The molecule has 27 heavy (non-hydrogen) atoms. The average molecular weight is 388 g/mol. The van der Waals surface area contributed by atoms with E-state index >= 15 is 0 Å². The van der Waals surface area contributed by atoms with Crippen LogP contribution in [0, 0.1) is 0 Å². The molecular weight excluding hydrogens is 370 g/mol. The number of furan rings is 1. The number of rotatable bonds is 6. The zero-order valence-electron chi connectivity index (χ0n) is 14.8. The maximum Gasteiger partial charge on any atom is 0.255 e. The van der Waals surface area contributed by atoms with E-state index in [0.29, 0.717) is 44.9 Å². The van der Waals surface area contributed by atoms with Crippen molar-refractivity contribution < 1.29 is 23.8 Å². The van der Waals surface area contributed by atoms with Gasteiger partial charge in [0, 0.05) is 11.3 Å². The van der Waals surface area contributed by atoms with Crippen molar-refractivity contribution in [2.24, 2.45) is 0 Å². The third kappa shape index (κ3) is 4.07. The minimum absolute atomic E-state index is 0.197. The molecule has 140 valence electrons. The van der Waals surface area contributed by atoms with Crippen molar-refractivity contribution in [1.82, 2.24) is 0 Å². The summed E-state index contributed by atoms with van der Waals surface area (Å²) < 4.78 is 16.0. The van der Waals surface area contributed by atoms with Crippen molar-refractivity contribution in [3.8, 4) is 22.8 Å². The fourth-order valence-corrected chi connectivity index (χ4v) is 2.85. The van der Waals surface area contributed by atoms with Gasteiger partial charge in [0.15, 0.2) is 0 Å². The summed E-state index contributed by atoms with van der Waals surface area (Å²) in [7, 11) is 3.06. The second-order valence-electron chi connectivity index (χ2n) is 5.64. The van der Waals surface area contributed by atoms with Crippen LogP contribution in [0.1, 0.15) is 16.1 Å². The Morgan fingerprint density at radius 3 is 2.44 bits per heavy atom. The highest BCUT2D eigenvalue weighted by Crippen LogP contribution is 2.34. The molecule has 0 radical (unpaired) electrons. The van der Waals surface area contributed by atoms with Gasteiger partial charge in [-0.3, -0.25) is 4.79 Å². The molecular formula is C20H18ClNO5. The van der Waals surface area contributed by atoms with E-state index < -0.39 is 0 Å². The highest BCUT2D eigenvalue weighted by atomic mass is 35.5. The van der Waals surface area contributed by atoms with E-state index in [0.717, 1.165) is 0 Å². The molecule has 6 nitrogen and oxygen atoms in total. The van der Waals surface area contributed by atoms with Crippen molar-refractivity contribution in [3.05, 3.63) is 64.9 Å². The lowest BCUT2D eigenvalue weighted by Crippen LogP contribution is -2.12. The van der Waals surface area contributed by atoms with Crippen LogP contribution in [0.2, 0.25) is 5.02 Å². The number of aliphatic hydroxyl groups excluding tert-OH is 1. The van der Waals surface area contributed by atoms with Gasteiger partial charge in [-0.25, -0.2) is 0 Å². The average Bonchev–Trinajstić information content (AvgIpc) is 3.17. The number of amides is 1. The lowest BCUT2D eigenvalue weighted by molar-refractivity contribution is 0.102. The van der Waals surface area contributed by atoms with Gasteiger partial charge in [0.25, 0.3) is 5.91 Å². The summed E-state index contributed by atoms with van der Waals surface area (Å²) in [5.74, 6) is 1.73. The van der Waals surface area contributed by atoms with Crippen molar-refractivity contribution in [2.45, 2.75) is 6.61 Å². The standard InChI is InChI=1S/C20H18ClNO5/c1-25-17-7-4-13(10-15(17)18-8-5-14(11-23)27-18)22-20(24)12-3-6-19(26-2)16(21)9-12/h3-10,23H,11H2,1-2H3,(H,22,24). The molecule has 0 aliphatic rings. The number of aliphatic hydroxyl groups is 1. The molecule has 0 atom stereocenters. The van der Waals surface area contributed by atoms with Gasteiger partial charge in [-0.15, -0.1) is 0 Å². The van der Waals surface area contributed by atoms with Crippen molar-refractivity contribution in [2.75, 3.05) is 19.5 Å². The summed E-state index contributed by atoms with van der Waals surface area (Å²) in [6, 6.07) is 13.4. The number of halogens is 1. The van der Waals surface area contributed by atoms with Crippen LogP contribution in [0.15, 0.2) is 52.9 Å². The Bertz CT molecular complexity index is 967. The smallest absolute Gasteiger partial charge is 0.255 e. The van der Waals surface area contributed by atoms with Gasteiger partial charge in [0.05, 0.1) is 24.8 Å². The summed E-state index contributed by atoms with van der Waals surface area (Å²) in [6.45, 7) is -0.197. The van der Waals surface area contributed by atoms with E-state index in [2.05, 4.69) is 5.32 Å². The lowest BCUT2D eigenvalue weighted by Gasteiger charge is -2.11. The molecule has 2 N–H and O–H groups in total. The predicted octanol–water partition coefficient (Wildman–Crippen LogP) is 4.36. The van der Waals surface area contributed by atoms with Crippen LogP contribution in [-0.4, -0.2) is 25.2 Å². The zero-order chi connectivity index (χ0) is 19.4. The number of benzene rings is 2.